The number of thiazole rings is 1. The molecule has 2 N–H and O–H groups in total. The zero-order chi connectivity index (χ0) is 9.26. The molecule has 0 aliphatic rings. The van der Waals surface area contributed by atoms with Crippen LogP contribution in [0.3, 0.4) is 0 Å². The Morgan fingerprint density at radius 1 is 1.62 bits per heavy atom. The number of hydrogen-bond donors (Lipinski definition) is 1. The third kappa shape index (κ3) is 2.07. The van der Waals surface area contributed by atoms with Gasteiger partial charge < -0.3 is 5.73 Å². The van der Waals surface area contributed by atoms with Gasteiger partial charge in [-0.3, -0.25) is 4.68 Å². The summed E-state index contributed by atoms with van der Waals surface area (Å²) in [7, 11) is 0. The van der Waals surface area contributed by atoms with E-state index in [0.717, 1.165) is 10.2 Å². The maximum Gasteiger partial charge on any atom is 0.180 e. The number of aromatic nitrogens is 3. The molecule has 0 aliphatic heterocycles. The van der Waals surface area contributed by atoms with Crippen LogP contribution in [0.15, 0.2) is 22.2 Å². The van der Waals surface area contributed by atoms with Gasteiger partial charge in [0, 0.05) is 11.6 Å². The number of rotatable bonds is 2. The first-order chi connectivity index (χ1) is 6.24. The summed E-state index contributed by atoms with van der Waals surface area (Å²) in [5, 5.41) is 6.65. The fourth-order valence-electron chi connectivity index (χ4n) is 0.986. The normalized spacial score (nSPS) is 10.5. The molecule has 0 amide bonds. The molecule has 6 heteroatoms. The van der Waals surface area contributed by atoms with Gasteiger partial charge in [-0.15, -0.1) is 11.3 Å². The molecular formula is C7H7BrN4S. The maximum atomic E-state index is 5.51. The summed E-state index contributed by atoms with van der Waals surface area (Å²) >= 11 is 4.77. The Hall–Kier alpha value is -0.880. The summed E-state index contributed by atoms with van der Waals surface area (Å²) < 4.78 is 2.77. The summed E-state index contributed by atoms with van der Waals surface area (Å²) in [6, 6.07) is 0. The van der Waals surface area contributed by atoms with Crippen LogP contribution in [0.2, 0.25) is 0 Å². The Labute approximate surface area is 87.5 Å². The largest absolute Gasteiger partial charge is 0.375 e. The highest BCUT2D eigenvalue weighted by molar-refractivity contribution is 9.10. The molecule has 0 atom stereocenters. The van der Waals surface area contributed by atoms with E-state index in [2.05, 4.69) is 26.0 Å². The van der Waals surface area contributed by atoms with Crippen LogP contribution in [0.4, 0.5) is 5.13 Å². The van der Waals surface area contributed by atoms with Crippen molar-refractivity contribution in [2.24, 2.45) is 0 Å². The highest BCUT2D eigenvalue weighted by Crippen LogP contribution is 2.13. The van der Waals surface area contributed by atoms with E-state index >= 15 is 0 Å². The van der Waals surface area contributed by atoms with E-state index in [-0.39, 0.29) is 0 Å². The zero-order valence-corrected chi connectivity index (χ0v) is 9.05. The van der Waals surface area contributed by atoms with E-state index in [1.165, 1.54) is 11.3 Å². The molecule has 68 valence electrons. The first-order valence-corrected chi connectivity index (χ1v) is 5.29. The molecule has 4 nitrogen and oxygen atoms in total. The smallest absolute Gasteiger partial charge is 0.180 e. The van der Waals surface area contributed by atoms with E-state index < -0.39 is 0 Å². The van der Waals surface area contributed by atoms with Crippen molar-refractivity contribution >= 4 is 32.4 Å². The minimum absolute atomic E-state index is 0.598. The van der Waals surface area contributed by atoms with E-state index in [9.17, 15) is 0 Å². The Kier molecular flexibility index (Phi) is 2.32. The summed E-state index contributed by atoms with van der Waals surface area (Å²) in [6.07, 6.45) is 3.64. The van der Waals surface area contributed by atoms with E-state index in [1.807, 2.05) is 11.6 Å². The van der Waals surface area contributed by atoms with Crippen molar-refractivity contribution in [1.82, 2.24) is 14.8 Å². The lowest BCUT2D eigenvalue weighted by molar-refractivity contribution is 0.676. The molecule has 0 aliphatic carbocycles. The molecule has 0 saturated heterocycles. The van der Waals surface area contributed by atoms with Gasteiger partial charge in [-0.25, -0.2) is 4.98 Å². The van der Waals surface area contributed by atoms with Gasteiger partial charge in [-0.2, -0.15) is 5.10 Å². The summed E-state index contributed by atoms with van der Waals surface area (Å²) in [4.78, 5) is 4.14. The predicted octanol–water partition coefficient (Wildman–Crippen LogP) is 1.73. The lowest BCUT2D eigenvalue weighted by atomic mass is 10.5. The molecule has 13 heavy (non-hydrogen) atoms. The standard InChI is InChI=1S/C7H7BrN4S/c8-5-1-10-12(2-5)3-6-4-13-7(9)11-6/h1-2,4H,3H2,(H2,9,11). The molecule has 0 radical (unpaired) electrons. The monoisotopic (exact) mass is 258 g/mol. The highest BCUT2D eigenvalue weighted by Gasteiger charge is 2.00. The van der Waals surface area contributed by atoms with Gasteiger partial charge in [0.25, 0.3) is 0 Å². The minimum atomic E-state index is 0.598. The minimum Gasteiger partial charge on any atom is -0.375 e. The second-order valence-electron chi connectivity index (χ2n) is 2.53. The number of hydrogen-bond acceptors (Lipinski definition) is 4. The second kappa shape index (κ2) is 3.47. The SMILES string of the molecule is Nc1nc(Cn2cc(Br)cn2)cs1. The van der Waals surface area contributed by atoms with Crippen molar-refractivity contribution in [3.63, 3.8) is 0 Å². The van der Waals surface area contributed by atoms with Gasteiger partial charge in [0.05, 0.1) is 22.9 Å². The van der Waals surface area contributed by atoms with Crippen LogP contribution in [0.5, 0.6) is 0 Å². The number of nitrogens with zero attached hydrogens (tertiary/aromatic N) is 3. The molecule has 0 spiro atoms. The molecule has 0 saturated carbocycles. The average molecular weight is 259 g/mol. The molecule has 0 unspecified atom stereocenters. The first kappa shape index (κ1) is 8.71. The number of nitrogen functional groups attached to an aromatic ring is 1. The number of anilines is 1. The average Bonchev–Trinajstić information content (AvgIpc) is 2.62. The van der Waals surface area contributed by atoms with Crippen LogP contribution >= 0.6 is 27.3 Å². The van der Waals surface area contributed by atoms with Gasteiger partial charge in [-0.05, 0) is 15.9 Å². The van der Waals surface area contributed by atoms with Crippen LogP contribution in [-0.4, -0.2) is 14.8 Å². The molecular weight excluding hydrogens is 252 g/mol. The lowest BCUT2D eigenvalue weighted by Crippen LogP contribution is -2.00. The number of halogens is 1. The highest BCUT2D eigenvalue weighted by atomic mass is 79.9. The quantitative estimate of drug-likeness (QED) is 0.893. The van der Waals surface area contributed by atoms with Crippen LogP contribution in [0.25, 0.3) is 0 Å². The van der Waals surface area contributed by atoms with Gasteiger partial charge in [0.1, 0.15) is 0 Å². The maximum absolute atomic E-state index is 5.51. The molecule has 0 aromatic carbocycles. The fraction of sp³-hybridized carbons (Fsp3) is 0.143. The van der Waals surface area contributed by atoms with Crippen molar-refractivity contribution in [1.29, 1.82) is 0 Å². The number of nitrogens with two attached hydrogens (primary N) is 1. The summed E-state index contributed by atoms with van der Waals surface area (Å²) in [6.45, 7) is 0.666. The van der Waals surface area contributed by atoms with E-state index in [1.54, 1.807) is 10.9 Å². The van der Waals surface area contributed by atoms with Crippen LogP contribution in [0, 0.1) is 0 Å². The molecule has 2 heterocycles. The Morgan fingerprint density at radius 3 is 3.00 bits per heavy atom. The Bertz CT molecular complexity index is 370. The van der Waals surface area contributed by atoms with Crippen molar-refractivity contribution < 1.29 is 0 Å². The van der Waals surface area contributed by atoms with Crippen molar-refractivity contribution in [2.45, 2.75) is 6.54 Å². The fourth-order valence-corrected chi connectivity index (χ4v) is 1.87. The Balaban J connectivity index is 2.14. The predicted molar refractivity (Wildman–Crippen MR) is 55.6 cm³/mol. The first-order valence-electron chi connectivity index (χ1n) is 3.62. The van der Waals surface area contributed by atoms with E-state index in [0.29, 0.717) is 11.7 Å². The summed E-state index contributed by atoms with van der Waals surface area (Å²) in [5.41, 5.74) is 6.45. The molecule has 2 aromatic heterocycles. The third-order valence-electron chi connectivity index (χ3n) is 1.50. The molecule has 0 bridgehead atoms. The lowest BCUT2D eigenvalue weighted by Gasteiger charge is -1.95. The van der Waals surface area contributed by atoms with Gasteiger partial charge >= 0.3 is 0 Å². The summed E-state index contributed by atoms with van der Waals surface area (Å²) in [5.74, 6) is 0. The van der Waals surface area contributed by atoms with Crippen LogP contribution < -0.4 is 5.73 Å². The van der Waals surface area contributed by atoms with Crippen LogP contribution in [-0.2, 0) is 6.54 Å². The van der Waals surface area contributed by atoms with Gasteiger partial charge in [0.2, 0.25) is 0 Å². The van der Waals surface area contributed by atoms with E-state index in [4.69, 9.17) is 5.73 Å². The van der Waals surface area contributed by atoms with Crippen molar-refractivity contribution in [2.75, 3.05) is 5.73 Å². The van der Waals surface area contributed by atoms with Gasteiger partial charge in [-0.1, -0.05) is 0 Å². The van der Waals surface area contributed by atoms with Gasteiger partial charge in [0.15, 0.2) is 5.13 Å². The Morgan fingerprint density at radius 2 is 2.46 bits per heavy atom. The van der Waals surface area contributed by atoms with Crippen molar-refractivity contribution in [3.05, 3.63) is 27.9 Å². The van der Waals surface area contributed by atoms with Crippen molar-refractivity contribution in [3.8, 4) is 0 Å². The van der Waals surface area contributed by atoms with Crippen LogP contribution in [0.1, 0.15) is 5.69 Å². The molecule has 2 rings (SSSR count). The zero-order valence-electron chi connectivity index (χ0n) is 6.64. The topological polar surface area (TPSA) is 56.7 Å². The second-order valence-corrected chi connectivity index (χ2v) is 4.34. The molecule has 0 fully saturated rings. The molecule has 2 aromatic rings. The third-order valence-corrected chi connectivity index (χ3v) is 2.63.